The molecule has 0 bridgehead atoms. The number of nitrogens with one attached hydrogen (secondary N) is 3. The van der Waals surface area contributed by atoms with Gasteiger partial charge >= 0.3 is 0 Å². The molecule has 5 rings (SSSR count). The van der Waals surface area contributed by atoms with Gasteiger partial charge in [0.25, 0.3) is 5.91 Å². The van der Waals surface area contributed by atoms with Crippen LogP contribution in [0.1, 0.15) is 61.5 Å². The van der Waals surface area contributed by atoms with Crippen molar-refractivity contribution in [2.45, 2.75) is 57.6 Å². The third kappa shape index (κ3) is 4.77. The molecule has 36 heavy (non-hydrogen) atoms. The van der Waals surface area contributed by atoms with E-state index < -0.39 is 6.10 Å². The Bertz CT molecular complexity index is 1290. The highest BCUT2D eigenvalue weighted by Crippen LogP contribution is 2.28. The largest absolute Gasteiger partial charge is 0.391 e. The van der Waals surface area contributed by atoms with Gasteiger partial charge in [0, 0.05) is 25.7 Å². The molecule has 0 unspecified atom stereocenters. The van der Waals surface area contributed by atoms with Crippen LogP contribution in [0.25, 0.3) is 5.65 Å². The quantitative estimate of drug-likeness (QED) is 0.393. The number of nitrogens with zero attached hydrogens (tertiary/aromatic N) is 6. The van der Waals surface area contributed by atoms with Gasteiger partial charge in [0.1, 0.15) is 23.5 Å². The van der Waals surface area contributed by atoms with Gasteiger partial charge in [-0.1, -0.05) is 12.8 Å². The average Bonchev–Trinajstić information content (AvgIpc) is 3.56. The highest BCUT2D eigenvalue weighted by atomic mass is 16.3. The van der Waals surface area contributed by atoms with Crippen LogP contribution in [0.15, 0.2) is 24.4 Å². The first-order chi connectivity index (χ1) is 17.6. The highest BCUT2D eigenvalue weighted by Gasteiger charge is 2.25. The van der Waals surface area contributed by atoms with Crippen LogP contribution < -0.4 is 16.0 Å². The molecule has 0 aromatic carbocycles. The van der Waals surface area contributed by atoms with Gasteiger partial charge in [-0.15, -0.1) is 5.10 Å². The second kappa shape index (κ2) is 10.4. The highest BCUT2D eigenvalue weighted by molar-refractivity contribution is 5.99. The number of imidazole rings is 1. The van der Waals surface area contributed by atoms with Gasteiger partial charge in [-0.3, -0.25) is 4.79 Å². The van der Waals surface area contributed by atoms with E-state index in [0.29, 0.717) is 46.6 Å². The van der Waals surface area contributed by atoms with Crippen molar-refractivity contribution in [2.24, 2.45) is 0 Å². The molecule has 0 spiro atoms. The molecule has 1 saturated heterocycles. The Morgan fingerprint density at radius 2 is 2.00 bits per heavy atom. The summed E-state index contributed by atoms with van der Waals surface area (Å²) < 4.78 is 1.48. The fraction of sp³-hybridized carbons (Fsp3) is 0.480. The summed E-state index contributed by atoms with van der Waals surface area (Å²) in [4.78, 5) is 24.0. The van der Waals surface area contributed by atoms with Crippen molar-refractivity contribution in [3.8, 4) is 6.07 Å². The molecule has 1 saturated carbocycles. The summed E-state index contributed by atoms with van der Waals surface area (Å²) in [5, 5.41) is 34.3. The van der Waals surface area contributed by atoms with Gasteiger partial charge < -0.3 is 26.0 Å². The summed E-state index contributed by atoms with van der Waals surface area (Å²) in [7, 11) is 0. The number of pyridine rings is 1. The minimum atomic E-state index is -0.448. The number of rotatable bonds is 7. The number of aliphatic hydroxyl groups excluding tert-OH is 1. The Labute approximate surface area is 209 Å². The standard InChI is InChI=1S/C25H31N9O2/c1-2-27-23-17(25(36)33-11-5-6-12-33)9-10-21(31-23)30-19-13-22(29-18-7-3-4-8-20(18)35)32-34-16(14-26)15-28-24(19)34/h9-10,13,15,18,20,35H,2-8,11-12H2,1H3,(H,29,32)(H2,27,30,31)/t18-,20-/m0/s1. The molecule has 4 heterocycles. The number of fused-ring (bicyclic) bond motifs is 1. The van der Waals surface area contributed by atoms with E-state index in [1.54, 1.807) is 12.1 Å². The lowest BCUT2D eigenvalue weighted by Gasteiger charge is -2.28. The second-order valence-electron chi connectivity index (χ2n) is 9.28. The maximum absolute atomic E-state index is 13.0. The Kier molecular flexibility index (Phi) is 6.86. The number of anilines is 4. The third-order valence-electron chi connectivity index (χ3n) is 6.77. The van der Waals surface area contributed by atoms with Crippen molar-refractivity contribution < 1.29 is 9.90 Å². The van der Waals surface area contributed by atoms with E-state index in [4.69, 9.17) is 0 Å². The fourth-order valence-electron chi connectivity index (χ4n) is 4.91. The van der Waals surface area contributed by atoms with Gasteiger partial charge in [-0.25, -0.2) is 9.97 Å². The van der Waals surface area contributed by atoms with Crippen molar-refractivity contribution in [3.63, 3.8) is 0 Å². The Morgan fingerprint density at radius 1 is 1.19 bits per heavy atom. The molecule has 4 N–H and O–H groups in total. The van der Waals surface area contributed by atoms with E-state index in [9.17, 15) is 15.2 Å². The van der Waals surface area contributed by atoms with E-state index in [1.807, 2.05) is 17.9 Å². The summed E-state index contributed by atoms with van der Waals surface area (Å²) in [6.07, 6.45) is 6.72. The first-order valence-corrected chi connectivity index (χ1v) is 12.6. The molecule has 1 aliphatic heterocycles. The number of hydrogen-bond acceptors (Lipinski definition) is 9. The van der Waals surface area contributed by atoms with Crippen LogP contribution in [-0.2, 0) is 0 Å². The Balaban J connectivity index is 1.47. The lowest BCUT2D eigenvalue weighted by molar-refractivity contribution is 0.0793. The molecule has 3 aromatic rings. The number of amides is 1. The number of carbonyl (C=O) groups is 1. The van der Waals surface area contributed by atoms with Gasteiger partial charge in [0.15, 0.2) is 11.3 Å². The topological polar surface area (TPSA) is 144 Å². The summed E-state index contributed by atoms with van der Waals surface area (Å²) in [5.74, 6) is 1.56. The van der Waals surface area contributed by atoms with Crippen LogP contribution in [0.4, 0.5) is 23.1 Å². The summed E-state index contributed by atoms with van der Waals surface area (Å²) in [6.45, 7) is 4.13. The van der Waals surface area contributed by atoms with Crippen LogP contribution in [0.2, 0.25) is 0 Å². The lowest BCUT2D eigenvalue weighted by atomic mass is 9.92. The first kappa shape index (κ1) is 23.8. The van der Waals surface area contributed by atoms with Crippen LogP contribution in [0, 0.1) is 11.3 Å². The fourth-order valence-corrected chi connectivity index (χ4v) is 4.91. The molecular formula is C25H31N9O2. The summed E-state index contributed by atoms with van der Waals surface area (Å²) >= 11 is 0. The van der Waals surface area contributed by atoms with Gasteiger partial charge in [0.2, 0.25) is 0 Å². The van der Waals surface area contributed by atoms with Crippen molar-refractivity contribution in [3.05, 3.63) is 35.7 Å². The predicted octanol–water partition coefficient (Wildman–Crippen LogP) is 3.12. The molecule has 3 aromatic heterocycles. The molecule has 11 nitrogen and oxygen atoms in total. The molecule has 11 heteroatoms. The zero-order chi connectivity index (χ0) is 25.1. The third-order valence-corrected chi connectivity index (χ3v) is 6.77. The number of aromatic nitrogens is 4. The summed E-state index contributed by atoms with van der Waals surface area (Å²) in [5.41, 5.74) is 1.93. The minimum absolute atomic E-state index is 0.0155. The number of likely N-dealkylation sites (tertiary alicyclic amines) is 1. The SMILES string of the molecule is CCNc1nc(Nc2cc(N[C@H]3CCCC[C@@H]3O)nn3c(C#N)cnc23)ccc1C(=O)N1CCCC1. The van der Waals surface area contributed by atoms with Crippen LogP contribution >= 0.6 is 0 Å². The smallest absolute Gasteiger partial charge is 0.257 e. The van der Waals surface area contributed by atoms with Crippen molar-refractivity contribution >= 4 is 34.7 Å². The van der Waals surface area contributed by atoms with E-state index in [1.165, 1.54) is 10.7 Å². The van der Waals surface area contributed by atoms with E-state index in [2.05, 4.69) is 37.1 Å². The van der Waals surface area contributed by atoms with Gasteiger partial charge in [0.05, 0.1) is 29.6 Å². The summed E-state index contributed by atoms with van der Waals surface area (Å²) in [6, 6.07) is 7.37. The van der Waals surface area contributed by atoms with Crippen molar-refractivity contribution in [1.29, 1.82) is 5.26 Å². The number of carbonyl (C=O) groups excluding carboxylic acids is 1. The molecule has 188 valence electrons. The minimum Gasteiger partial charge on any atom is -0.391 e. The first-order valence-electron chi connectivity index (χ1n) is 12.6. The average molecular weight is 490 g/mol. The van der Waals surface area contributed by atoms with E-state index >= 15 is 0 Å². The maximum Gasteiger partial charge on any atom is 0.257 e. The number of nitriles is 1. The second-order valence-corrected chi connectivity index (χ2v) is 9.28. The van der Waals surface area contributed by atoms with Gasteiger partial charge in [-0.2, -0.15) is 9.78 Å². The monoisotopic (exact) mass is 489 g/mol. The molecule has 0 radical (unpaired) electrons. The predicted molar refractivity (Wildman–Crippen MR) is 136 cm³/mol. The van der Waals surface area contributed by atoms with Crippen LogP contribution in [-0.4, -0.2) is 67.3 Å². The molecule has 2 fully saturated rings. The number of aliphatic hydroxyl groups is 1. The molecular weight excluding hydrogens is 458 g/mol. The van der Waals surface area contributed by atoms with E-state index in [0.717, 1.165) is 51.6 Å². The van der Waals surface area contributed by atoms with Crippen molar-refractivity contribution in [2.75, 3.05) is 35.6 Å². The maximum atomic E-state index is 13.0. The molecule has 2 aliphatic rings. The van der Waals surface area contributed by atoms with Gasteiger partial charge in [-0.05, 0) is 44.7 Å². The number of hydrogen-bond donors (Lipinski definition) is 4. The Morgan fingerprint density at radius 3 is 2.75 bits per heavy atom. The zero-order valence-corrected chi connectivity index (χ0v) is 20.4. The van der Waals surface area contributed by atoms with Crippen molar-refractivity contribution in [1.82, 2.24) is 24.5 Å². The van der Waals surface area contributed by atoms with Crippen LogP contribution in [0.3, 0.4) is 0 Å². The van der Waals surface area contributed by atoms with Crippen LogP contribution in [0.5, 0.6) is 0 Å². The van der Waals surface area contributed by atoms with E-state index in [-0.39, 0.29) is 11.9 Å². The molecule has 1 amide bonds. The molecule has 2 atom stereocenters. The Hall–Kier alpha value is -3.91. The molecule has 1 aliphatic carbocycles. The normalized spacial score (nSPS) is 19.8. The zero-order valence-electron chi connectivity index (χ0n) is 20.4. The lowest BCUT2D eigenvalue weighted by Crippen LogP contribution is -2.36.